The highest BCUT2D eigenvalue weighted by Gasteiger charge is 2.10. The maximum Gasteiger partial charge on any atom is 0.103 e. The van der Waals surface area contributed by atoms with Gasteiger partial charge >= 0.3 is 0 Å². The second-order valence-corrected chi connectivity index (χ2v) is 5.62. The molecular formula is C15H11IN4. The number of pyridine rings is 1. The van der Waals surface area contributed by atoms with E-state index in [0.717, 1.165) is 26.0 Å². The first-order valence-electron chi connectivity index (χ1n) is 6.08. The zero-order chi connectivity index (χ0) is 14.1. The van der Waals surface area contributed by atoms with E-state index in [1.54, 1.807) is 12.4 Å². The van der Waals surface area contributed by atoms with Crippen LogP contribution in [0.5, 0.6) is 0 Å². The van der Waals surface area contributed by atoms with E-state index in [4.69, 9.17) is 0 Å². The molecule has 0 aliphatic carbocycles. The molecular weight excluding hydrogens is 363 g/mol. The summed E-state index contributed by atoms with van der Waals surface area (Å²) in [5.74, 6) is 0. The molecule has 0 radical (unpaired) electrons. The third-order valence-electron chi connectivity index (χ3n) is 3.28. The molecule has 0 atom stereocenters. The van der Waals surface area contributed by atoms with E-state index in [-0.39, 0.29) is 0 Å². The Bertz CT molecular complexity index is 829. The second-order valence-electron chi connectivity index (χ2n) is 4.46. The summed E-state index contributed by atoms with van der Waals surface area (Å²) in [5, 5.41) is 13.7. The number of aromatic nitrogens is 2. The highest BCUT2D eigenvalue weighted by Crippen LogP contribution is 2.30. The van der Waals surface area contributed by atoms with Gasteiger partial charge in [0.15, 0.2) is 0 Å². The molecule has 0 spiro atoms. The van der Waals surface area contributed by atoms with Crippen LogP contribution in [-0.2, 0) is 0 Å². The second kappa shape index (κ2) is 5.13. The molecule has 0 fully saturated rings. The summed E-state index contributed by atoms with van der Waals surface area (Å²) in [6, 6.07) is 8.28. The van der Waals surface area contributed by atoms with E-state index >= 15 is 0 Å². The highest BCUT2D eigenvalue weighted by molar-refractivity contribution is 14.1. The van der Waals surface area contributed by atoms with Gasteiger partial charge in [0.1, 0.15) is 6.07 Å². The van der Waals surface area contributed by atoms with Crippen molar-refractivity contribution >= 4 is 44.9 Å². The summed E-state index contributed by atoms with van der Waals surface area (Å²) in [5.41, 5.74) is 4.61. The van der Waals surface area contributed by atoms with Gasteiger partial charge < -0.3 is 10.3 Å². The van der Waals surface area contributed by atoms with Gasteiger partial charge in [-0.1, -0.05) is 0 Å². The average Bonchev–Trinajstić information content (AvgIpc) is 2.93. The number of fused-ring (bicyclic) bond motifs is 1. The van der Waals surface area contributed by atoms with Crippen LogP contribution in [0.1, 0.15) is 11.1 Å². The molecule has 20 heavy (non-hydrogen) atoms. The number of benzene rings is 1. The number of nitrogens with zero attached hydrogens (tertiary/aromatic N) is 2. The summed E-state index contributed by atoms with van der Waals surface area (Å²) in [6.07, 6.45) is 5.25. The fraction of sp³-hybridized carbons (Fsp3) is 0.0667. The molecule has 0 unspecified atom stereocenters. The lowest BCUT2D eigenvalue weighted by Crippen LogP contribution is -1.99. The van der Waals surface area contributed by atoms with Crippen molar-refractivity contribution in [2.75, 3.05) is 5.32 Å². The summed E-state index contributed by atoms with van der Waals surface area (Å²) in [7, 11) is 0. The van der Waals surface area contributed by atoms with Gasteiger partial charge in [0.25, 0.3) is 0 Å². The summed E-state index contributed by atoms with van der Waals surface area (Å²) in [6.45, 7) is 2.07. The third kappa shape index (κ3) is 2.12. The highest BCUT2D eigenvalue weighted by atomic mass is 127. The molecule has 2 heterocycles. The Balaban J connectivity index is 2.10. The van der Waals surface area contributed by atoms with E-state index < -0.39 is 0 Å². The first kappa shape index (κ1) is 12.9. The van der Waals surface area contributed by atoms with Crippen molar-refractivity contribution in [1.29, 1.82) is 5.26 Å². The van der Waals surface area contributed by atoms with E-state index in [2.05, 4.69) is 56.9 Å². The number of aryl methyl sites for hydroxylation is 1. The van der Waals surface area contributed by atoms with Gasteiger partial charge in [-0.2, -0.15) is 5.26 Å². The van der Waals surface area contributed by atoms with Crippen LogP contribution in [0.2, 0.25) is 0 Å². The molecule has 5 heteroatoms. The van der Waals surface area contributed by atoms with Crippen molar-refractivity contribution in [3.05, 3.63) is 51.5 Å². The maximum atomic E-state index is 9.19. The Morgan fingerprint density at radius 3 is 2.95 bits per heavy atom. The number of hydrogen-bond donors (Lipinski definition) is 2. The van der Waals surface area contributed by atoms with Crippen LogP contribution in [-0.4, -0.2) is 9.97 Å². The number of halogens is 1. The number of hydrogen-bond acceptors (Lipinski definition) is 3. The van der Waals surface area contributed by atoms with E-state index in [0.29, 0.717) is 5.56 Å². The predicted molar refractivity (Wildman–Crippen MR) is 88.0 cm³/mol. The molecule has 0 aliphatic heterocycles. The van der Waals surface area contributed by atoms with Gasteiger partial charge in [0, 0.05) is 35.2 Å². The lowest BCUT2D eigenvalue weighted by molar-refractivity contribution is 1.27. The lowest BCUT2D eigenvalue weighted by atomic mass is 10.1. The smallest absolute Gasteiger partial charge is 0.103 e. The van der Waals surface area contributed by atoms with Crippen LogP contribution in [0.4, 0.5) is 11.4 Å². The number of nitriles is 1. The minimum absolute atomic E-state index is 0.547. The minimum atomic E-state index is 0.547. The standard InChI is InChI=1S/C15H11IN4/c1-9-11-4-5-19-14(11)3-2-13(9)20-15-10(6-17)7-18-8-12(15)16/h2-5,7-8,19H,1H3,(H,18,20). The Morgan fingerprint density at radius 2 is 2.15 bits per heavy atom. The van der Waals surface area contributed by atoms with Gasteiger partial charge in [-0.25, -0.2) is 0 Å². The van der Waals surface area contributed by atoms with Gasteiger partial charge in [0.2, 0.25) is 0 Å². The summed E-state index contributed by atoms with van der Waals surface area (Å²) in [4.78, 5) is 7.24. The fourth-order valence-electron chi connectivity index (χ4n) is 2.20. The third-order valence-corrected chi connectivity index (χ3v) is 4.10. The topological polar surface area (TPSA) is 64.5 Å². The monoisotopic (exact) mass is 374 g/mol. The minimum Gasteiger partial charge on any atom is -0.361 e. The zero-order valence-electron chi connectivity index (χ0n) is 10.7. The number of rotatable bonds is 2. The molecule has 0 amide bonds. The van der Waals surface area contributed by atoms with Crippen molar-refractivity contribution in [2.24, 2.45) is 0 Å². The fourth-order valence-corrected chi connectivity index (χ4v) is 2.79. The Kier molecular flexibility index (Phi) is 3.32. The van der Waals surface area contributed by atoms with Crippen LogP contribution in [0.15, 0.2) is 36.8 Å². The molecule has 1 aromatic carbocycles. The van der Waals surface area contributed by atoms with E-state index in [1.807, 2.05) is 18.3 Å². The molecule has 0 saturated carbocycles. The molecule has 2 aromatic heterocycles. The number of aromatic amines is 1. The van der Waals surface area contributed by atoms with E-state index in [1.165, 1.54) is 5.39 Å². The van der Waals surface area contributed by atoms with E-state index in [9.17, 15) is 5.26 Å². The quantitative estimate of drug-likeness (QED) is 0.664. The first-order chi connectivity index (χ1) is 9.70. The summed E-state index contributed by atoms with van der Waals surface area (Å²) < 4.78 is 0.926. The first-order valence-corrected chi connectivity index (χ1v) is 7.16. The van der Waals surface area contributed by atoms with Gasteiger partial charge in [-0.3, -0.25) is 4.98 Å². The molecule has 0 aliphatic rings. The number of H-pyrrole nitrogens is 1. The zero-order valence-corrected chi connectivity index (χ0v) is 12.9. The Hall–Kier alpha value is -2.07. The number of anilines is 2. The lowest BCUT2D eigenvalue weighted by Gasteiger charge is -2.13. The van der Waals surface area contributed by atoms with Crippen LogP contribution < -0.4 is 5.32 Å². The van der Waals surface area contributed by atoms with Crippen LogP contribution in [0.25, 0.3) is 10.9 Å². The van der Waals surface area contributed by atoms with Crippen LogP contribution in [0, 0.1) is 21.8 Å². The van der Waals surface area contributed by atoms with Crippen molar-refractivity contribution in [3.8, 4) is 6.07 Å². The molecule has 2 N–H and O–H groups in total. The molecule has 3 aromatic rings. The normalized spacial score (nSPS) is 10.4. The Morgan fingerprint density at radius 1 is 1.30 bits per heavy atom. The molecule has 0 saturated heterocycles. The Labute approximate surface area is 130 Å². The van der Waals surface area contributed by atoms with Crippen LogP contribution in [0.3, 0.4) is 0 Å². The largest absolute Gasteiger partial charge is 0.361 e. The number of nitrogens with one attached hydrogen (secondary N) is 2. The molecule has 98 valence electrons. The van der Waals surface area contributed by atoms with Gasteiger partial charge in [0.05, 0.1) is 14.8 Å². The van der Waals surface area contributed by atoms with Gasteiger partial charge in [-0.05, 0) is 53.3 Å². The molecule has 4 nitrogen and oxygen atoms in total. The molecule has 3 rings (SSSR count). The maximum absolute atomic E-state index is 9.19. The summed E-state index contributed by atoms with van der Waals surface area (Å²) >= 11 is 2.18. The van der Waals surface area contributed by atoms with Crippen molar-refractivity contribution in [1.82, 2.24) is 9.97 Å². The molecule has 0 bridgehead atoms. The SMILES string of the molecule is Cc1c(Nc2c(I)cncc2C#N)ccc2[nH]ccc12. The van der Waals surface area contributed by atoms with Crippen molar-refractivity contribution in [2.45, 2.75) is 6.92 Å². The van der Waals surface area contributed by atoms with Crippen molar-refractivity contribution < 1.29 is 0 Å². The van der Waals surface area contributed by atoms with Crippen LogP contribution >= 0.6 is 22.6 Å². The predicted octanol–water partition coefficient (Wildman–Crippen LogP) is 4.09. The average molecular weight is 374 g/mol. The van der Waals surface area contributed by atoms with Gasteiger partial charge in [-0.15, -0.1) is 0 Å². The van der Waals surface area contributed by atoms with Crippen molar-refractivity contribution in [3.63, 3.8) is 0 Å².